The Kier molecular flexibility index (Phi) is 5.64. The molecule has 0 amide bonds. The molecule has 108 valence electrons. The molecule has 0 aromatic heterocycles. The quantitative estimate of drug-likeness (QED) is 0.368. The Balaban J connectivity index is 3.14. The summed E-state index contributed by atoms with van der Waals surface area (Å²) in [6, 6.07) is 3.23. The number of aliphatic hydroxyl groups excluding tert-OH is 1. The van der Waals surface area contributed by atoms with Gasteiger partial charge in [0.25, 0.3) is 0 Å². The Morgan fingerprint density at radius 3 is 2.45 bits per heavy atom. The molecule has 1 N–H and O–H groups in total. The van der Waals surface area contributed by atoms with Gasteiger partial charge < -0.3 is 19.3 Å². The van der Waals surface area contributed by atoms with Gasteiger partial charge in [-0.3, -0.25) is 4.79 Å². The molecule has 1 aromatic carbocycles. The Morgan fingerprint density at radius 1 is 1.30 bits per heavy atom. The summed E-state index contributed by atoms with van der Waals surface area (Å²) in [6.45, 7) is 0. The van der Waals surface area contributed by atoms with Crippen LogP contribution in [-0.4, -0.2) is 38.4 Å². The molecule has 0 aliphatic carbocycles. The first kappa shape index (κ1) is 15.6. The minimum absolute atomic E-state index is 0.338. The van der Waals surface area contributed by atoms with Gasteiger partial charge >= 0.3 is 5.97 Å². The lowest BCUT2D eigenvalue weighted by Crippen LogP contribution is -2.27. The molecule has 0 saturated carbocycles. The van der Waals surface area contributed by atoms with Gasteiger partial charge in [0.05, 0.1) is 27.4 Å². The summed E-state index contributed by atoms with van der Waals surface area (Å²) >= 11 is 0. The third kappa shape index (κ3) is 3.31. The van der Waals surface area contributed by atoms with E-state index in [0.717, 1.165) is 7.11 Å². The number of nitrogens with zero attached hydrogens (tertiary/aromatic N) is 3. The number of hydrogen-bond donors (Lipinski definition) is 1. The Hall–Kier alpha value is -2.44. The van der Waals surface area contributed by atoms with Gasteiger partial charge in [0.1, 0.15) is 0 Å². The van der Waals surface area contributed by atoms with E-state index < -0.39 is 18.1 Å². The minimum Gasteiger partial charge on any atom is -0.493 e. The van der Waals surface area contributed by atoms with Gasteiger partial charge in [-0.2, -0.15) is 0 Å². The second-order valence-corrected chi connectivity index (χ2v) is 3.73. The van der Waals surface area contributed by atoms with Crippen molar-refractivity contribution < 1.29 is 24.1 Å². The van der Waals surface area contributed by atoms with E-state index in [1.807, 2.05) is 0 Å². The van der Waals surface area contributed by atoms with Crippen LogP contribution in [0.25, 0.3) is 10.4 Å². The van der Waals surface area contributed by atoms with E-state index in [9.17, 15) is 9.90 Å². The molecule has 0 aliphatic heterocycles. The summed E-state index contributed by atoms with van der Waals surface area (Å²) in [4.78, 5) is 14.0. The molecular formula is C12H15N3O5. The molecule has 8 heteroatoms. The van der Waals surface area contributed by atoms with Crippen LogP contribution in [0.1, 0.15) is 11.7 Å². The predicted octanol–water partition coefficient (Wildman–Crippen LogP) is 1.59. The van der Waals surface area contributed by atoms with Crippen LogP contribution in [0.3, 0.4) is 0 Å². The van der Waals surface area contributed by atoms with Crippen molar-refractivity contribution in [2.75, 3.05) is 21.3 Å². The second kappa shape index (κ2) is 7.22. The van der Waals surface area contributed by atoms with Crippen LogP contribution >= 0.6 is 0 Å². The van der Waals surface area contributed by atoms with Crippen molar-refractivity contribution in [3.8, 4) is 11.5 Å². The van der Waals surface area contributed by atoms with E-state index in [2.05, 4.69) is 14.8 Å². The zero-order valence-electron chi connectivity index (χ0n) is 11.3. The molecule has 1 aromatic rings. The fourth-order valence-electron chi connectivity index (χ4n) is 1.63. The van der Waals surface area contributed by atoms with Gasteiger partial charge in [-0.05, 0) is 23.2 Å². The summed E-state index contributed by atoms with van der Waals surface area (Å²) in [6.07, 6.45) is -1.35. The number of esters is 1. The molecule has 8 nitrogen and oxygen atoms in total. The van der Waals surface area contributed by atoms with E-state index in [4.69, 9.17) is 15.0 Å². The van der Waals surface area contributed by atoms with Crippen LogP contribution in [0, 0.1) is 0 Å². The highest BCUT2D eigenvalue weighted by molar-refractivity contribution is 5.77. The molecule has 0 aliphatic rings. The van der Waals surface area contributed by atoms with Crippen molar-refractivity contribution in [3.05, 3.63) is 34.2 Å². The van der Waals surface area contributed by atoms with Gasteiger partial charge in [-0.15, -0.1) is 0 Å². The Morgan fingerprint density at radius 2 is 1.95 bits per heavy atom. The number of carbonyl (C=O) groups is 1. The molecule has 0 heterocycles. The molecule has 0 bridgehead atoms. The lowest BCUT2D eigenvalue weighted by atomic mass is 10.0. The van der Waals surface area contributed by atoms with Gasteiger partial charge in [-0.25, -0.2) is 0 Å². The van der Waals surface area contributed by atoms with Crippen molar-refractivity contribution in [1.82, 2.24) is 0 Å². The average Bonchev–Trinajstić information content (AvgIpc) is 2.50. The van der Waals surface area contributed by atoms with Crippen molar-refractivity contribution in [1.29, 1.82) is 0 Å². The summed E-state index contributed by atoms with van der Waals surface area (Å²) in [5, 5.41) is 13.4. The SMILES string of the molecule is COC(=O)C(N=[N+]=[N-])C(O)c1ccc(OC)c(OC)c1. The molecule has 0 spiro atoms. The number of hydrogen-bond acceptors (Lipinski definition) is 6. The zero-order valence-corrected chi connectivity index (χ0v) is 11.3. The minimum atomic E-state index is -1.37. The molecular weight excluding hydrogens is 266 g/mol. The van der Waals surface area contributed by atoms with Crippen molar-refractivity contribution >= 4 is 5.97 Å². The fourth-order valence-corrected chi connectivity index (χ4v) is 1.63. The maximum Gasteiger partial charge on any atom is 0.317 e. The van der Waals surface area contributed by atoms with Gasteiger partial charge in [0.2, 0.25) is 0 Å². The molecule has 20 heavy (non-hydrogen) atoms. The first-order valence-electron chi connectivity index (χ1n) is 5.61. The van der Waals surface area contributed by atoms with E-state index in [0.29, 0.717) is 17.1 Å². The van der Waals surface area contributed by atoms with Crippen LogP contribution in [0.15, 0.2) is 23.3 Å². The lowest BCUT2D eigenvalue weighted by molar-refractivity contribution is -0.144. The van der Waals surface area contributed by atoms with E-state index in [1.54, 1.807) is 6.07 Å². The molecule has 0 fully saturated rings. The summed E-state index contributed by atoms with van der Waals surface area (Å²) in [7, 11) is 4.06. The maximum atomic E-state index is 11.5. The van der Waals surface area contributed by atoms with E-state index >= 15 is 0 Å². The number of ether oxygens (including phenoxy) is 3. The molecule has 2 atom stereocenters. The number of azide groups is 1. The standard InChI is InChI=1S/C12H15N3O5/c1-18-8-5-4-7(6-9(8)19-2)11(16)10(14-15-13)12(17)20-3/h4-6,10-11,16H,1-3H3. The molecule has 0 radical (unpaired) electrons. The molecule has 0 saturated heterocycles. The van der Waals surface area contributed by atoms with E-state index in [1.165, 1.54) is 26.4 Å². The van der Waals surface area contributed by atoms with Gasteiger partial charge in [0, 0.05) is 4.91 Å². The Bertz CT molecular complexity index is 528. The fraction of sp³-hybridized carbons (Fsp3) is 0.417. The smallest absolute Gasteiger partial charge is 0.317 e. The summed E-state index contributed by atoms with van der Waals surface area (Å²) in [5.74, 6) is 0.0283. The average molecular weight is 281 g/mol. The third-order valence-corrected chi connectivity index (χ3v) is 2.67. The van der Waals surface area contributed by atoms with Crippen LogP contribution in [0.4, 0.5) is 0 Å². The highest BCUT2D eigenvalue weighted by Gasteiger charge is 2.28. The number of carbonyl (C=O) groups excluding carboxylic acids is 1. The van der Waals surface area contributed by atoms with Crippen molar-refractivity contribution in [3.63, 3.8) is 0 Å². The van der Waals surface area contributed by atoms with Crippen molar-refractivity contribution in [2.45, 2.75) is 12.1 Å². The first-order chi connectivity index (χ1) is 9.58. The van der Waals surface area contributed by atoms with Crippen LogP contribution in [0.2, 0.25) is 0 Å². The lowest BCUT2D eigenvalue weighted by Gasteiger charge is -2.18. The highest BCUT2D eigenvalue weighted by atomic mass is 16.5. The second-order valence-electron chi connectivity index (χ2n) is 3.73. The largest absolute Gasteiger partial charge is 0.493 e. The first-order valence-corrected chi connectivity index (χ1v) is 5.61. The predicted molar refractivity (Wildman–Crippen MR) is 69.5 cm³/mol. The monoisotopic (exact) mass is 281 g/mol. The van der Waals surface area contributed by atoms with Crippen LogP contribution < -0.4 is 9.47 Å². The van der Waals surface area contributed by atoms with Crippen LogP contribution in [-0.2, 0) is 9.53 Å². The summed E-state index contributed by atoms with van der Waals surface area (Å²) in [5.41, 5.74) is 8.79. The normalized spacial score (nSPS) is 12.8. The number of benzene rings is 1. The van der Waals surface area contributed by atoms with Crippen molar-refractivity contribution in [2.24, 2.45) is 5.11 Å². The maximum absolute atomic E-state index is 11.5. The number of aliphatic hydroxyl groups is 1. The Labute approximate surface area is 115 Å². The summed E-state index contributed by atoms with van der Waals surface area (Å²) < 4.78 is 14.7. The number of rotatable bonds is 6. The van der Waals surface area contributed by atoms with Crippen LogP contribution in [0.5, 0.6) is 11.5 Å². The van der Waals surface area contributed by atoms with Gasteiger partial charge in [0.15, 0.2) is 17.5 Å². The van der Waals surface area contributed by atoms with Gasteiger partial charge in [-0.1, -0.05) is 11.2 Å². The third-order valence-electron chi connectivity index (χ3n) is 2.67. The molecule has 2 unspecified atom stereocenters. The molecule has 1 rings (SSSR count). The zero-order chi connectivity index (χ0) is 15.1. The number of methoxy groups -OCH3 is 3. The topological polar surface area (TPSA) is 114 Å². The van der Waals surface area contributed by atoms with E-state index in [-0.39, 0.29) is 0 Å². The highest BCUT2D eigenvalue weighted by Crippen LogP contribution is 2.31.